The number of esters is 2. The third kappa shape index (κ3) is 34.6. The maximum atomic E-state index is 14.1. The number of carbonyl (C=O) groups excluding carboxylic acids is 8. The summed E-state index contributed by atoms with van der Waals surface area (Å²) >= 11 is 1.15. The number of carbonyl (C=O) groups is 9. The number of carboxylic acid groups (broad SMARTS) is 1. The molecule has 0 aliphatic rings. The van der Waals surface area contributed by atoms with Crippen molar-refractivity contribution in [1.29, 1.82) is 0 Å². The molecular formula is C51H96N10O13S. The van der Waals surface area contributed by atoms with Crippen LogP contribution in [-0.4, -0.2) is 157 Å². The monoisotopic (exact) mass is 1090 g/mol. The van der Waals surface area contributed by atoms with E-state index < -0.39 is 102 Å². The van der Waals surface area contributed by atoms with Gasteiger partial charge < -0.3 is 74.5 Å². The zero-order valence-electron chi connectivity index (χ0n) is 45.3. The lowest BCUT2D eigenvalue weighted by Crippen LogP contribution is -2.60. The Bertz CT molecular complexity index is 1650. The zero-order valence-corrected chi connectivity index (χ0v) is 46.1. The van der Waals surface area contributed by atoms with E-state index in [1.807, 2.05) is 20.8 Å². The number of ether oxygens (including phenoxy) is 2. The van der Waals surface area contributed by atoms with Gasteiger partial charge in [-0.2, -0.15) is 11.8 Å². The number of aliphatic hydroxyl groups is 1. The number of rotatable bonds is 48. The van der Waals surface area contributed by atoms with Gasteiger partial charge in [-0.05, 0) is 122 Å². The van der Waals surface area contributed by atoms with Gasteiger partial charge in [-0.1, -0.05) is 59.3 Å². The highest BCUT2D eigenvalue weighted by Gasteiger charge is 2.33. The first kappa shape index (κ1) is 70.4. The maximum absolute atomic E-state index is 14.1. The summed E-state index contributed by atoms with van der Waals surface area (Å²) < 4.78 is 11.1. The number of hydrogen-bond acceptors (Lipinski definition) is 17. The van der Waals surface area contributed by atoms with Gasteiger partial charge in [0, 0.05) is 30.8 Å². The van der Waals surface area contributed by atoms with Crippen molar-refractivity contribution >= 4 is 65.1 Å². The van der Waals surface area contributed by atoms with Crippen molar-refractivity contribution in [3.63, 3.8) is 0 Å². The first-order valence-electron chi connectivity index (χ1n) is 27.4. The highest BCUT2D eigenvalue weighted by Crippen LogP contribution is 2.14. The molecule has 7 atom stereocenters. The molecule has 0 aliphatic carbocycles. The number of carboxylic acids is 1. The number of amides is 6. The molecule has 0 spiro atoms. The Hall–Kier alpha value is -4.62. The van der Waals surface area contributed by atoms with Crippen LogP contribution in [0.25, 0.3) is 0 Å². The van der Waals surface area contributed by atoms with Crippen LogP contribution in [0.1, 0.15) is 175 Å². The molecule has 1 unspecified atom stereocenters. The second-order valence-electron chi connectivity index (χ2n) is 18.8. The predicted octanol–water partition coefficient (Wildman–Crippen LogP) is 1.42. The fraction of sp³-hybridized carbons (Fsp3) is 0.824. The third-order valence-electron chi connectivity index (χ3n) is 12.1. The van der Waals surface area contributed by atoms with Crippen LogP contribution in [0.5, 0.6) is 0 Å². The number of aliphatic hydroxyl groups excluding tert-OH is 1. The van der Waals surface area contributed by atoms with E-state index in [0.717, 1.165) is 50.3 Å². The fourth-order valence-electron chi connectivity index (χ4n) is 7.55. The van der Waals surface area contributed by atoms with Crippen molar-refractivity contribution in [2.75, 3.05) is 50.9 Å². The predicted molar refractivity (Wildman–Crippen MR) is 289 cm³/mol. The summed E-state index contributed by atoms with van der Waals surface area (Å²) in [5, 5.41) is 36.0. The molecule has 0 rings (SSSR count). The van der Waals surface area contributed by atoms with Crippen molar-refractivity contribution in [2.45, 2.75) is 217 Å². The molecule has 16 N–H and O–H groups in total. The van der Waals surface area contributed by atoms with E-state index in [4.69, 9.17) is 32.4 Å². The van der Waals surface area contributed by atoms with E-state index in [2.05, 4.69) is 31.9 Å². The Labute approximate surface area is 449 Å². The molecule has 0 fully saturated rings. The van der Waals surface area contributed by atoms with E-state index in [-0.39, 0.29) is 76.1 Å². The molecule has 434 valence electrons. The minimum absolute atomic E-state index is 0.0360. The molecule has 0 radical (unpaired) electrons. The summed E-state index contributed by atoms with van der Waals surface area (Å²) in [5.74, 6) is -6.58. The Kier molecular flexibility index (Phi) is 42.8. The summed E-state index contributed by atoms with van der Waals surface area (Å²) in [7, 11) is 0. The molecule has 0 aliphatic heterocycles. The summed E-state index contributed by atoms with van der Waals surface area (Å²) in [6.07, 6.45) is 10.6. The highest BCUT2D eigenvalue weighted by atomic mass is 32.2. The quantitative estimate of drug-likeness (QED) is 0.0303. The molecule has 0 aromatic rings. The topological polar surface area (TPSA) is 389 Å². The maximum Gasteiger partial charge on any atom is 0.326 e. The Morgan fingerprint density at radius 3 is 1.23 bits per heavy atom. The molecule has 6 amide bonds. The van der Waals surface area contributed by atoms with Gasteiger partial charge in [-0.3, -0.25) is 38.4 Å². The third-order valence-corrected chi connectivity index (χ3v) is 13.2. The highest BCUT2D eigenvalue weighted by molar-refractivity contribution is 7.99. The second kappa shape index (κ2) is 45.6. The summed E-state index contributed by atoms with van der Waals surface area (Å²) in [6, 6.07) is -7.82. The minimum atomic E-state index is -1.61. The lowest BCUT2D eigenvalue weighted by Gasteiger charge is -2.27. The van der Waals surface area contributed by atoms with Crippen molar-refractivity contribution in [1.82, 2.24) is 31.9 Å². The molecule has 0 bridgehead atoms. The first-order chi connectivity index (χ1) is 36.0. The SMILES string of the molecule is CCCCCC(=O)N[C@H](CSCC(COC(=O)CCCCC)OC(=O)CCCCC)C(=O)N[C@@H](CO)C(=O)N[C@@H](CCCCN)C(=O)N[C@@H](CCCCN)C(=O)N[C@@H](CCCCN)C(=O)N[C@@H](CCCCN)C(=O)O. The zero-order chi connectivity index (χ0) is 56.2. The molecule has 0 aromatic carbocycles. The van der Waals surface area contributed by atoms with Crippen molar-refractivity contribution in [3.8, 4) is 0 Å². The number of nitrogens with one attached hydrogen (secondary N) is 6. The van der Waals surface area contributed by atoms with E-state index in [0.29, 0.717) is 83.7 Å². The van der Waals surface area contributed by atoms with Crippen molar-refractivity contribution < 1.29 is 62.8 Å². The van der Waals surface area contributed by atoms with E-state index in [1.54, 1.807) is 0 Å². The largest absolute Gasteiger partial charge is 0.480 e. The van der Waals surface area contributed by atoms with Crippen LogP contribution in [0.4, 0.5) is 0 Å². The van der Waals surface area contributed by atoms with Gasteiger partial charge in [0.1, 0.15) is 49.0 Å². The van der Waals surface area contributed by atoms with Crippen molar-refractivity contribution in [2.24, 2.45) is 22.9 Å². The second-order valence-corrected chi connectivity index (χ2v) is 19.9. The Morgan fingerprint density at radius 1 is 0.440 bits per heavy atom. The molecule has 75 heavy (non-hydrogen) atoms. The first-order valence-corrected chi connectivity index (χ1v) is 28.6. The molecule has 24 heteroatoms. The smallest absolute Gasteiger partial charge is 0.326 e. The number of unbranched alkanes of at least 4 members (excludes halogenated alkanes) is 10. The average molecular weight is 1090 g/mol. The van der Waals surface area contributed by atoms with Crippen LogP contribution in [0.15, 0.2) is 0 Å². The van der Waals surface area contributed by atoms with Crippen LogP contribution in [0.2, 0.25) is 0 Å². The van der Waals surface area contributed by atoms with Crippen LogP contribution < -0.4 is 54.8 Å². The molecule has 0 saturated heterocycles. The standard InChI is InChI=1S/C51H96N10O13S/c1-4-7-10-25-43(63)56-42(35-75-34-36(74-45(65)27-12-9-6-3)33-73-44(64)26-11-8-5-2)50(70)61-41(32-62)49(69)59-38(22-14-18-29-53)47(67)57-37(21-13-17-28-52)46(66)58-39(23-15-19-30-54)48(68)60-40(51(71)72)24-16-20-31-55/h36-42,62H,4-35,52-55H2,1-3H3,(H,56,63)(H,57,67)(H,58,66)(H,59,69)(H,60,68)(H,61,70)(H,71,72)/t36?,37-,38-,39-,40-,41-,42+/m0/s1. The molecule has 0 aromatic heterocycles. The van der Waals surface area contributed by atoms with E-state index in [1.165, 1.54) is 0 Å². The van der Waals surface area contributed by atoms with Crippen LogP contribution in [0.3, 0.4) is 0 Å². The lowest BCUT2D eigenvalue weighted by atomic mass is 10.0. The number of hydrogen-bond donors (Lipinski definition) is 12. The summed E-state index contributed by atoms with van der Waals surface area (Å²) in [5.41, 5.74) is 22.8. The van der Waals surface area contributed by atoms with Gasteiger partial charge in [0.25, 0.3) is 0 Å². The van der Waals surface area contributed by atoms with Gasteiger partial charge in [-0.25, -0.2) is 4.79 Å². The molecule has 0 heterocycles. The lowest BCUT2D eigenvalue weighted by molar-refractivity contribution is -0.157. The van der Waals surface area contributed by atoms with Crippen LogP contribution in [-0.2, 0) is 52.6 Å². The number of aliphatic carboxylic acids is 1. The average Bonchev–Trinajstić information content (AvgIpc) is 3.37. The summed E-state index contributed by atoms with van der Waals surface area (Å²) in [4.78, 5) is 120. The normalized spacial score (nSPS) is 13.9. The van der Waals surface area contributed by atoms with E-state index in [9.17, 15) is 53.4 Å². The fourth-order valence-corrected chi connectivity index (χ4v) is 8.58. The summed E-state index contributed by atoms with van der Waals surface area (Å²) in [6.45, 7) is 6.08. The molecule has 0 saturated carbocycles. The Morgan fingerprint density at radius 2 is 0.813 bits per heavy atom. The number of thioether (sulfide) groups is 1. The van der Waals surface area contributed by atoms with Crippen molar-refractivity contribution in [3.05, 3.63) is 0 Å². The molecular weight excluding hydrogens is 993 g/mol. The molecule has 23 nitrogen and oxygen atoms in total. The van der Waals surface area contributed by atoms with Gasteiger partial charge in [0.05, 0.1) is 6.61 Å². The van der Waals surface area contributed by atoms with Crippen LogP contribution in [0, 0.1) is 0 Å². The van der Waals surface area contributed by atoms with Gasteiger partial charge in [0.15, 0.2) is 0 Å². The van der Waals surface area contributed by atoms with Gasteiger partial charge in [0.2, 0.25) is 35.4 Å². The minimum Gasteiger partial charge on any atom is -0.480 e. The Balaban J connectivity index is 6.50. The van der Waals surface area contributed by atoms with Gasteiger partial charge in [-0.15, -0.1) is 0 Å². The van der Waals surface area contributed by atoms with E-state index >= 15 is 0 Å². The van der Waals surface area contributed by atoms with Crippen LogP contribution >= 0.6 is 11.8 Å². The number of nitrogens with two attached hydrogens (primary N) is 4. The van der Waals surface area contributed by atoms with Gasteiger partial charge >= 0.3 is 17.9 Å².